The highest BCUT2D eigenvalue weighted by atomic mass is 16.1. The maximum Gasteiger partial charge on any atom is 0.149 e. The average Bonchev–Trinajstić information content (AvgIpc) is 2.50. The maximum absolute atomic E-state index is 11.6. The molecule has 0 amide bonds. The van der Waals surface area contributed by atoms with Crippen molar-refractivity contribution in [3.05, 3.63) is 0 Å². The quantitative estimate of drug-likeness (QED) is 0.665. The van der Waals surface area contributed by atoms with Gasteiger partial charge in [-0.05, 0) is 25.3 Å². The van der Waals surface area contributed by atoms with E-state index in [0.717, 1.165) is 19.5 Å². The van der Waals surface area contributed by atoms with Gasteiger partial charge < -0.3 is 0 Å². The Bertz CT molecular complexity index is 177. The Kier molecular flexibility index (Phi) is 3.91. The number of carbonyl (C=O) groups is 1. The summed E-state index contributed by atoms with van der Waals surface area (Å²) >= 11 is 0. The number of hydrogen-bond donors (Lipinski definition) is 0. The normalized spacial score (nSPS) is 24.2. The van der Waals surface area contributed by atoms with Gasteiger partial charge in [0.1, 0.15) is 5.78 Å². The first-order valence-electron chi connectivity index (χ1n) is 5.42. The van der Waals surface area contributed by atoms with Gasteiger partial charge in [-0.15, -0.1) is 0 Å². The van der Waals surface area contributed by atoms with E-state index in [1.54, 1.807) is 0 Å². The number of ketones is 1. The van der Waals surface area contributed by atoms with E-state index in [1.165, 1.54) is 6.42 Å². The van der Waals surface area contributed by atoms with Crippen molar-refractivity contribution in [3.63, 3.8) is 0 Å². The van der Waals surface area contributed by atoms with Crippen LogP contribution in [-0.4, -0.2) is 29.8 Å². The Labute approximate surface area is 81.3 Å². The topological polar surface area (TPSA) is 20.3 Å². The summed E-state index contributed by atoms with van der Waals surface area (Å²) in [6.45, 7) is 8.59. The van der Waals surface area contributed by atoms with E-state index in [4.69, 9.17) is 0 Å². The van der Waals surface area contributed by atoms with E-state index in [-0.39, 0.29) is 6.04 Å². The molecular weight excluding hydrogens is 162 g/mol. The molecule has 2 heteroatoms. The minimum atomic E-state index is 0.243. The van der Waals surface area contributed by atoms with Crippen LogP contribution in [0, 0.1) is 5.92 Å². The molecule has 0 aromatic rings. The molecule has 0 aromatic heterocycles. The molecule has 0 aliphatic carbocycles. The van der Waals surface area contributed by atoms with Gasteiger partial charge in [0, 0.05) is 13.0 Å². The molecule has 0 N–H and O–H groups in total. The molecule has 1 unspecified atom stereocenters. The van der Waals surface area contributed by atoms with Gasteiger partial charge in [-0.25, -0.2) is 0 Å². The number of carbonyl (C=O) groups excluding carboxylic acids is 1. The molecular formula is C11H21NO. The monoisotopic (exact) mass is 183 g/mol. The highest BCUT2D eigenvalue weighted by molar-refractivity contribution is 5.83. The van der Waals surface area contributed by atoms with Crippen molar-refractivity contribution in [2.24, 2.45) is 5.92 Å². The summed E-state index contributed by atoms with van der Waals surface area (Å²) in [5, 5.41) is 0. The Morgan fingerprint density at radius 1 is 1.54 bits per heavy atom. The van der Waals surface area contributed by atoms with Crippen molar-refractivity contribution in [1.29, 1.82) is 0 Å². The Balaban J connectivity index is 2.48. The summed E-state index contributed by atoms with van der Waals surface area (Å²) in [7, 11) is 0. The van der Waals surface area contributed by atoms with Crippen LogP contribution in [0.5, 0.6) is 0 Å². The predicted octanol–water partition coefficient (Wildman–Crippen LogP) is 2.09. The van der Waals surface area contributed by atoms with Crippen molar-refractivity contribution in [3.8, 4) is 0 Å². The van der Waals surface area contributed by atoms with Crippen LogP contribution in [0.4, 0.5) is 0 Å². The van der Waals surface area contributed by atoms with E-state index >= 15 is 0 Å². The fourth-order valence-corrected chi connectivity index (χ4v) is 2.11. The molecule has 1 heterocycles. The molecule has 0 saturated carbocycles. The van der Waals surface area contributed by atoms with E-state index in [1.807, 2.05) is 6.92 Å². The average molecular weight is 183 g/mol. The largest absolute Gasteiger partial charge is 0.298 e. The SMILES string of the molecule is CCC(=O)C1CCCN1CC(C)C. The smallest absolute Gasteiger partial charge is 0.149 e. The lowest BCUT2D eigenvalue weighted by Crippen LogP contribution is -2.37. The standard InChI is InChI=1S/C11H21NO/c1-4-11(13)10-6-5-7-12(10)8-9(2)3/h9-10H,4-8H2,1-3H3. The van der Waals surface area contributed by atoms with Crippen molar-refractivity contribution >= 4 is 5.78 Å². The van der Waals surface area contributed by atoms with Crippen LogP contribution in [0.1, 0.15) is 40.0 Å². The number of likely N-dealkylation sites (tertiary alicyclic amines) is 1. The zero-order chi connectivity index (χ0) is 9.84. The number of Topliss-reactive ketones (excluding diaryl/α,β-unsaturated/α-hetero) is 1. The highest BCUT2D eigenvalue weighted by Gasteiger charge is 2.29. The first-order chi connectivity index (χ1) is 6.15. The number of hydrogen-bond acceptors (Lipinski definition) is 2. The molecule has 76 valence electrons. The number of rotatable bonds is 4. The Morgan fingerprint density at radius 2 is 2.23 bits per heavy atom. The first-order valence-corrected chi connectivity index (χ1v) is 5.42. The van der Waals surface area contributed by atoms with E-state index in [2.05, 4.69) is 18.7 Å². The molecule has 1 aliphatic heterocycles. The van der Waals surface area contributed by atoms with Gasteiger partial charge in [-0.2, -0.15) is 0 Å². The third kappa shape index (κ3) is 2.80. The first kappa shape index (κ1) is 10.7. The van der Waals surface area contributed by atoms with Crippen molar-refractivity contribution in [2.45, 2.75) is 46.1 Å². The molecule has 1 atom stereocenters. The van der Waals surface area contributed by atoms with E-state index in [9.17, 15) is 4.79 Å². The van der Waals surface area contributed by atoms with Gasteiger partial charge in [-0.3, -0.25) is 9.69 Å². The molecule has 13 heavy (non-hydrogen) atoms. The summed E-state index contributed by atoms with van der Waals surface area (Å²) in [4.78, 5) is 13.9. The summed E-state index contributed by atoms with van der Waals surface area (Å²) < 4.78 is 0. The van der Waals surface area contributed by atoms with Crippen LogP contribution in [0.2, 0.25) is 0 Å². The molecule has 1 aliphatic rings. The second-order valence-electron chi connectivity index (χ2n) is 4.37. The lowest BCUT2D eigenvalue weighted by molar-refractivity contribution is -0.123. The van der Waals surface area contributed by atoms with Crippen LogP contribution >= 0.6 is 0 Å². The van der Waals surface area contributed by atoms with Gasteiger partial charge in [0.05, 0.1) is 6.04 Å². The molecule has 1 saturated heterocycles. The zero-order valence-electron chi connectivity index (χ0n) is 9.05. The van der Waals surface area contributed by atoms with Gasteiger partial charge in [0.25, 0.3) is 0 Å². The summed E-state index contributed by atoms with van der Waals surface area (Å²) in [6.07, 6.45) is 2.97. The lowest BCUT2D eigenvalue weighted by Gasteiger charge is -2.24. The van der Waals surface area contributed by atoms with Gasteiger partial charge in [0.2, 0.25) is 0 Å². The lowest BCUT2D eigenvalue weighted by atomic mass is 10.1. The minimum absolute atomic E-state index is 0.243. The van der Waals surface area contributed by atoms with Gasteiger partial charge in [0.15, 0.2) is 0 Å². The summed E-state index contributed by atoms with van der Waals surface area (Å²) in [5.41, 5.74) is 0. The third-order valence-corrected chi connectivity index (χ3v) is 2.68. The molecule has 1 rings (SSSR count). The molecule has 1 fully saturated rings. The fourth-order valence-electron chi connectivity index (χ4n) is 2.11. The molecule has 0 aromatic carbocycles. The maximum atomic E-state index is 11.6. The second kappa shape index (κ2) is 4.75. The van der Waals surface area contributed by atoms with Crippen LogP contribution < -0.4 is 0 Å². The third-order valence-electron chi connectivity index (χ3n) is 2.68. The van der Waals surface area contributed by atoms with Crippen molar-refractivity contribution in [1.82, 2.24) is 4.90 Å². The van der Waals surface area contributed by atoms with Crippen LogP contribution in [0.3, 0.4) is 0 Å². The minimum Gasteiger partial charge on any atom is -0.298 e. The molecule has 0 bridgehead atoms. The second-order valence-corrected chi connectivity index (χ2v) is 4.37. The van der Waals surface area contributed by atoms with Crippen LogP contribution in [0.25, 0.3) is 0 Å². The molecule has 0 radical (unpaired) electrons. The highest BCUT2D eigenvalue weighted by Crippen LogP contribution is 2.20. The van der Waals surface area contributed by atoms with Crippen LogP contribution in [-0.2, 0) is 4.79 Å². The summed E-state index contributed by atoms with van der Waals surface area (Å²) in [6, 6.07) is 0.243. The fraction of sp³-hybridized carbons (Fsp3) is 0.909. The number of nitrogens with zero attached hydrogens (tertiary/aromatic N) is 1. The zero-order valence-corrected chi connectivity index (χ0v) is 9.05. The summed E-state index contributed by atoms with van der Waals surface area (Å²) in [5.74, 6) is 1.10. The molecule has 2 nitrogen and oxygen atoms in total. The van der Waals surface area contributed by atoms with E-state index in [0.29, 0.717) is 18.1 Å². The van der Waals surface area contributed by atoms with Crippen LogP contribution in [0.15, 0.2) is 0 Å². The van der Waals surface area contributed by atoms with Crippen molar-refractivity contribution < 1.29 is 4.79 Å². The Hall–Kier alpha value is -0.370. The predicted molar refractivity (Wildman–Crippen MR) is 54.7 cm³/mol. The molecule has 0 spiro atoms. The van der Waals surface area contributed by atoms with Gasteiger partial charge >= 0.3 is 0 Å². The van der Waals surface area contributed by atoms with Gasteiger partial charge in [-0.1, -0.05) is 20.8 Å². The Morgan fingerprint density at radius 3 is 2.77 bits per heavy atom. The van der Waals surface area contributed by atoms with E-state index < -0.39 is 0 Å². The van der Waals surface area contributed by atoms with Crippen molar-refractivity contribution in [2.75, 3.05) is 13.1 Å².